The van der Waals surface area contributed by atoms with Crippen LogP contribution in [0, 0.1) is 0 Å². The Kier molecular flexibility index (Phi) is 5.54. The summed E-state index contributed by atoms with van der Waals surface area (Å²) in [6.07, 6.45) is 7.58. The molecule has 3 heteroatoms. The normalized spacial score (nSPS) is 10.3. The predicted octanol–water partition coefficient (Wildman–Crippen LogP) is 2.74. The number of ketones is 1. The first-order chi connectivity index (χ1) is 7.27. The molecule has 0 aliphatic heterocycles. The van der Waals surface area contributed by atoms with Gasteiger partial charge in [0.25, 0.3) is 0 Å². The lowest BCUT2D eigenvalue weighted by atomic mass is 10.2. The number of hydrogen-bond donors (Lipinski definition) is 0. The summed E-state index contributed by atoms with van der Waals surface area (Å²) in [4.78, 5) is 11.4. The standard InChI is InChI=1S/C12H17BrNO/c1-2-3-4-7-14-8-5-6-11(10-14)12(15)9-13/h5-6,8,10H,2-4,7,9H2,1H3/q+1. The van der Waals surface area contributed by atoms with E-state index in [1.807, 2.05) is 24.5 Å². The Morgan fingerprint density at radius 3 is 2.93 bits per heavy atom. The molecule has 0 aliphatic carbocycles. The Balaban J connectivity index is 2.62. The van der Waals surface area contributed by atoms with E-state index in [-0.39, 0.29) is 5.78 Å². The van der Waals surface area contributed by atoms with Crippen molar-refractivity contribution in [3.05, 3.63) is 30.1 Å². The van der Waals surface area contributed by atoms with Crippen LogP contribution in [0.15, 0.2) is 24.5 Å². The third-order valence-corrected chi connectivity index (χ3v) is 2.83. The third-order valence-electron chi connectivity index (χ3n) is 2.32. The SMILES string of the molecule is CCCCC[n+]1cccc(C(=O)CBr)c1. The molecule has 82 valence electrons. The highest BCUT2D eigenvalue weighted by molar-refractivity contribution is 9.09. The number of carbonyl (C=O) groups excluding carboxylic acids is 1. The van der Waals surface area contributed by atoms with E-state index in [1.54, 1.807) is 0 Å². The molecular formula is C12H17BrNO+. The number of hydrogen-bond acceptors (Lipinski definition) is 1. The van der Waals surface area contributed by atoms with Crippen LogP contribution in [0.5, 0.6) is 0 Å². The number of aryl methyl sites for hydroxylation is 1. The number of halogens is 1. The van der Waals surface area contributed by atoms with Gasteiger partial charge >= 0.3 is 0 Å². The summed E-state index contributed by atoms with van der Waals surface area (Å²) in [5, 5.41) is 0.395. The van der Waals surface area contributed by atoms with Gasteiger partial charge < -0.3 is 0 Å². The molecule has 0 aliphatic rings. The maximum atomic E-state index is 11.4. The minimum atomic E-state index is 0.139. The largest absolute Gasteiger partial charge is 0.293 e. The zero-order chi connectivity index (χ0) is 11.1. The summed E-state index contributed by atoms with van der Waals surface area (Å²) in [5.41, 5.74) is 0.783. The van der Waals surface area contributed by atoms with Gasteiger partial charge in [-0.05, 0) is 12.5 Å². The van der Waals surface area contributed by atoms with Gasteiger partial charge in [-0.3, -0.25) is 4.79 Å². The van der Waals surface area contributed by atoms with Gasteiger partial charge in [-0.1, -0.05) is 29.3 Å². The predicted molar refractivity (Wildman–Crippen MR) is 64.3 cm³/mol. The number of nitrogens with zero attached hydrogens (tertiary/aromatic N) is 1. The van der Waals surface area contributed by atoms with E-state index in [0.29, 0.717) is 5.33 Å². The van der Waals surface area contributed by atoms with Crippen LogP contribution in [0.2, 0.25) is 0 Å². The quantitative estimate of drug-likeness (QED) is 0.337. The van der Waals surface area contributed by atoms with Crippen molar-refractivity contribution in [1.82, 2.24) is 0 Å². The molecule has 2 nitrogen and oxygen atoms in total. The Morgan fingerprint density at radius 1 is 1.47 bits per heavy atom. The Hall–Kier alpha value is -0.700. The molecule has 1 aromatic heterocycles. The number of pyridine rings is 1. The van der Waals surface area contributed by atoms with Gasteiger partial charge in [0, 0.05) is 12.5 Å². The molecule has 0 spiro atoms. The number of rotatable bonds is 6. The second kappa shape index (κ2) is 6.72. The lowest BCUT2D eigenvalue weighted by molar-refractivity contribution is -0.697. The summed E-state index contributed by atoms with van der Waals surface area (Å²) < 4.78 is 2.09. The van der Waals surface area contributed by atoms with Crippen LogP contribution in [0.4, 0.5) is 0 Å². The van der Waals surface area contributed by atoms with E-state index in [4.69, 9.17) is 0 Å². The van der Waals surface area contributed by atoms with Crippen molar-refractivity contribution >= 4 is 21.7 Å². The topological polar surface area (TPSA) is 20.9 Å². The zero-order valence-electron chi connectivity index (χ0n) is 9.08. The van der Waals surface area contributed by atoms with Crippen LogP contribution < -0.4 is 4.57 Å². The van der Waals surface area contributed by atoms with E-state index in [9.17, 15) is 4.79 Å². The van der Waals surface area contributed by atoms with E-state index >= 15 is 0 Å². The van der Waals surface area contributed by atoms with Crippen molar-refractivity contribution in [2.75, 3.05) is 5.33 Å². The molecule has 0 saturated carbocycles. The van der Waals surface area contributed by atoms with Crippen LogP contribution in [0.25, 0.3) is 0 Å². The second-order valence-corrected chi connectivity index (χ2v) is 4.16. The third kappa shape index (κ3) is 4.12. The van der Waals surface area contributed by atoms with Crippen molar-refractivity contribution < 1.29 is 9.36 Å². The van der Waals surface area contributed by atoms with E-state index in [0.717, 1.165) is 12.1 Å². The summed E-state index contributed by atoms with van der Waals surface area (Å²) in [6.45, 7) is 3.19. The average Bonchev–Trinajstić information content (AvgIpc) is 2.29. The Morgan fingerprint density at radius 2 is 2.27 bits per heavy atom. The molecule has 1 aromatic rings. The fourth-order valence-electron chi connectivity index (χ4n) is 1.45. The summed E-state index contributed by atoms with van der Waals surface area (Å²) in [6, 6.07) is 3.79. The first-order valence-corrected chi connectivity index (χ1v) is 6.48. The highest BCUT2D eigenvalue weighted by Crippen LogP contribution is 2.00. The van der Waals surface area contributed by atoms with Crippen molar-refractivity contribution in [1.29, 1.82) is 0 Å². The Bertz CT molecular complexity index is 325. The smallest absolute Gasteiger partial charge is 0.179 e. The zero-order valence-corrected chi connectivity index (χ0v) is 10.7. The number of carbonyl (C=O) groups is 1. The molecule has 0 aromatic carbocycles. The van der Waals surface area contributed by atoms with Gasteiger partial charge in [-0.15, -0.1) is 0 Å². The number of Topliss-reactive ketones (excluding diaryl/α,β-unsaturated/α-hetero) is 1. The fourth-order valence-corrected chi connectivity index (χ4v) is 1.77. The van der Waals surface area contributed by atoms with Gasteiger partial charge in [-0.2, -0.15) is 0 Å². The van der Waals surface area contributed by atoms with Gasteiger partial charge in [0.15, 0.2) is 18.2 Å². The highest BCUT2D eigenvalue weighted by Gasteiger charge is 2.08. The van der Waals surface area contributed by atoms with Crippen LogP contribution in [-0.4, -0.2) is 11.1 Å². The molecule has 0 unspecified atom stereocenters. The fraction of sp³-hybridized carbons (Fsp3) is 0.500. The van der Waals surface area contributed by atoms with E-state index in [2.05, 4.69) is 27.4 Å². The summed E-state index contributed by atoms with van der Waals surface area (Å²) >= 11 is 3.18. The summed E-state index contributed by atoms with van der Waals surface area (Å²) in [7, 11) is 0. The van der Waals surface area contributed by atoms with Crippen molar-refractivity contribution in [3.8, 4) is 0 Å². The first kappa shape index (κ1) is 12.4. The van der Waals surface area contributed by atoms with Crippen LogP contribution in [-0.2, 0) is 6.54 Å². The summed E-state index contributed by atoms with van der Waals surface area (Å²) in [5.74, 6) is 0.139. The van der Waals surface area contributed by atoms with E-state index in [1.165, 1.54) is 19.3 Å². The lowest BCUT2D eigenvalue weighted by Crippen LogP contribution is -2.33. The molecule has 1 heterocycles. The van der Waals surface area contributed by atoms with Crippen molar-refractivity contribution in [3.63, 3.8) is 0 Å². The molecule has 0 radical (unpaired) electrons. The molecule has 0 bridgehead atoms. The van der Waals surface area contributed by atoms with Gasteiger partial charge in [0.2, 0.25) is 0 Å². The molecule has 0 fully saturated rings. The minimum Gasteiger partial charge on any atom is -0.293 e. The molecule has 0 atom stereocenters. The monoisotopic (exact) mass is 270 g/mol. The number of alkyl halides is 1. The highest BCUT2D eigenvalue weighted by atomic mass is 79.9. The molecule has 0 saturated heterocycles. The molecule has 15 heavy (non-hydrogen) atoms. The second-order valence-electron chi connectivity index (χ2n) is 3.59. The minimum absolute atomic E-state index is 0.139. The maximum absolute atomic E-state index is 11.4. The average molecular weight is 271 g/mol. The van der Waals surface area contributed by atoms with Gasteiger partial charge in [0.1, 0.15) is 6.54 Å². The van der Waals surface area contributed by atoms with Crippen LogP contribution >= 0.6 is 15.9 Å². The maximum Gasteiger partial charge on any atom is 0.179 e. The lowest BCUT2D eigenvalue weighted by Gasteiger charge is -1.98. The van der Waals surface area contributed by atoms with Gasteiger partial charge in [0.05, 0.1) is 10.9 Å². The van der Waals surface area contributed by atoms with Crippen molar-refractivity contribution in [2.45, 2.75) is 32.7 Å². The molecule has 0 N–H and O–H groups in total. The van der Waals surface area contributed by atoms with Crippen molar-refractivity contribution in [2.24, 2.45) is 0 Å². The van der Waals surface area contributed by atoms with Crippen LogP contribution in [0.3, 0.4) is 0 Å². The first-order valence-electron chi connectivity index (χ1n) is 5.36. The Labute approximate surface area is 99.4 Å². The number of unbranched alkanes of at least 4 members (excludes halogenated alkanes) is 2. The van der Waals surface area contributed by atoms with Gasteiger partial charge in [-0.25, -0.2) is 4.57 Å². The molecule has 0 amide bonds. The van der Waals surface area contributed by atoms with E-state index < -0.39 is 0 Å². The number of aromatic nitrogens is 1. The van der Waals surface area contributed by atoms with Crippen LogP contribution in [0.1, 0.15) is 36.5 Å². The molecule has 1 rings (SSSR count). The molecular weight excluding hydrogens is 254 g/mol.